The number of halogens is 3. The summed E-state index contributed by atoms with van der Waals surface area (Å²) < 4.78 is 33.7. The molecule has 0 aliphatic rings. The number of carbonyl (C=O) groups excluding carboxylic acids is 2. The minimum atomic E-state index is -5.08. The summed E-state index contributed by atoms with van der Waals surface area (Å²) in [7, 11) is 0. The highest BCUT2D eigenvalue weighted by molar-refractivity contribution is 6.05. The van der Waals surface area contributed by atoms with E-state index in [9.17, 15) is 22.8 Å². The Labute approximate surface area is 173 Å². The summed E-state index contributed by atoms with van der Waals surface area (Å²) in [5, 5.41) is 9.90. The van der Waals surface area contributed by atoms with Gasteiger partial charge < -0.3 is 25.7 Å². The number of carbonyl (C=O) groups is 3. The molecule has 0 spiro atoms. The van der Waals surface area contributed by atoms with E-state index in [-0.39, 0.29) is 11.6 Å². The number of primary amides is 1. The first-order valence-corrected chi connectivity index (χ1v) is 8.60. The standard InChI is InChI=1S/C17H17N5O2.C2HF3O2/c1-10-11(2)22(9-20-10)14-5-3-13(4-6-14)21-17(24)12-7-15(16(18)23)19-8-12;3-2(4,5)1(6)7/h3-9,19H,1-2H3,(H2,18,23)(H,21,24);(H,6,7). The van der Waals surface area contributed by atoms with E-state index in [4.69, 9.17) is 15.6 Å². The fourth-order valence-corrected chi connectivity index (χ4v) is 2.34. The van der Waals surface area contributed by atoms with Gasteiger partial charge in [0.05, 0.1) is 17.6 Å². The molecule has 0 aliphatic carbocycles. The summed E-state index contributed by atoms with van der Waals surface area (Å²) in [6.07, 6.45) is -1.87. The molecule has 0 atom stereocenters. The molecular formula is C19H18F3N5O4. The van der Waals surface area contributed by atoms with Crippen LogP contribution < -0.4 is 11.1 Å². The number of aryl methyl sites for hydroxylation is 1. The lowest BCUT2D eigenvalue weighted by Crippen LogP contribution is -2.21. The summed E-state index contributed by atoms with van der Waals surface area (Å²) >= 11 is 0. The highest BCUT2D eigenvalue weighted by Crippen LogP contribution is 2.17. The summed E-state index contributed by atoms with van der Waals surface area (Å²) in [4.78, 5) is 39.0. The summed E-state index contributed by atoms with van der Waals surface area (Å²) in [6, 6.07) is 8.84. The number of nitrogens with zero attached hydrogens (tertiary/aromatic N) is 2. The van der Waals surface area contributed by atoms with Crippen molar-refractivity contribution in [2.45, 2.75) is 20.0 Å². The van der Waals surface area contributed by atoms with Crippen molar-refractivity contribution < 1.29 is 32.7 Å². The molecule has 5 N–H and O–H groups in total. The third kappa shape index (κ3) is 5.95. The second kappa shape index (κ2) is 9.15. The number of nitrogens with one attached hydrogen (secondary N) is 2. The topological polar surface area (TPSA) is 143 Å². The normalized spacial score (nSPS) is 10.7. The zero-order valence-corrected chi connectivity index (χ0v) is 16.3. The first kappa shape index (κ1) is 23.2. The van der Waals surface area contributed by atoms with Gasteiger partial charge in [-0.1, -0.05) is 0 Å². The molecule has 0 unspecified atom stereocenters. The van der Waals surface area contributed by atoms with Gasteiger partial charge in [-0.3, -0.25) is 9.59 Å². The average molecular weight is 437 g/mol. The number of benzene rings is 1. The van der Waals surface area contributed by atoms with Gasteiger partial charge in [0, 0.05) is 23.3 Å². The fourth-order valence-electron chi connectivity index (χ4n) is 2.34. The van der Waals surface area contributed by atoms with Crippen molar-refractivity contribution >= 4 is 23.5 Å². The van der Waals surface area contributed by atoms with Gasteiger partial charge in [-0.15, -0.1) is 0 Å². The van der Waals surface area contributed by atoms with Crippen molar-refractivity contribution in [2.75, 3.05) is 5.32 Å². The van der Waals surface area contributed by atoms with Crippen LogP contribution in [0.15, 0.2) is 42.9 Å². The Morgan fingerprint density at radius 2 is 1.74 bits per heavy atom. The first-order chi connectivity index (χ1) is 14.4. The van der Waals surface area contributed by atoms with Gasteiger partial charge in [0.1, 0.15) is 5.69 Å². The Kier molecular flexibility index (Phi) is 6.85. The van der Waals surface area contributed by atoms with Gasteiger partial charge in [-0.2, -0.15) is 13.2 Å². The van der Waals surface area contributed by atoms with Crippen LogP contribution in [0.4, 0.5) is 18.9 Å². The highest BCUT2D eigenvalue weighted by atomic mass is 19.4. The molecule has 0 fully saturated rings. The number of hydrogen-bond donors (Lipinski definition) is 4. The molecule has 31 heavy (non-hydrogen) atoms. The number of aromatic amines is 1. The smallest absolute Gasteiger partial charge is 0.475 e. The molecule has 0 saturated carbocycles. The quantitative estimate of drug-likeness (QED) is 0.496. The van der Waals surface area contributed by atoms with Gasteiger partial charge in [0.15, 0.2) is 0 Å². The van der Waals surface area contributed by atoms with Gasteiger partial charge in [0.2, 0.25) is 0 Å². The molecule has 3 rings (SSSR count). The number of hydrogen-bond acceptors (Lipinski definition) is 4. The van der Waals surface area contributed by atoms with Crippen LogP contribution in [-0.2, 0) is 4.79 Å². The number of alkyl halides is 3. The predicted molar refractivity (Wildman–Crippen MR) is 104 cm³/mol. The molecular weight excluding hydrogens is 419 g/mol. The van der Waals surface area contributed by atoms with Crippen LogP contribution in [0.3, 0.4) is 0 Å². The third-order valence-electron chi connectivity index (χ3n) is 4.11. The molecule has 0 radical (unpaired) electrons. The molecule has 9 nitrogen and oxygen atoms in total. The maximum Gasteiger partial charge on any atom is 0.490 e. The maximum absolute atomic E-state index is 12.2. The molecule has 2 heterocycles. The van der Waals surface area contributed by atoms with E-state index < -0.39 is 18.1 Å². The van der Waals surface area contributed by atoms with Crippen LogP contribution in [-0.4, -0.2) is 43.6 Å². The molecule has 2 aromatic heterocycles. The van der Waals surface area contributed by atoms with E-state index in [2.05, 4.69) is 15.3 Å². The van der Waals surface area contributed by atoms with E-state index in [1.54, 1.807) is 6.33 Å². The van der Waals surface area contributed by atoms with E-state index in [1.165, 1.54) is 12.3 Å². The number of anilines is 1. The van der Waals surface area contributed by atoms with E-state index >= 15 is 0 Å². The third-order valence-corrected chi connectivity index (χ3v) is 4.11. The Bertz CT molecular complexity index is 1100. The van der Waals surface area contributed by atoms with Gasteiger partial charge in [-0.05, 0) is 44.2 Å². The minimum absolute atomic E-state index is 0.196. The van der Waals surface area contributed by atoms with Crippen LogP contribution in [0.2, 0.25) is 0 Å². The van der Waals surface area contributed by atoms with Crippen molar-refractivity contribution in [2.24, 2.45) is 5.73 Å². The zero-order chi connectivity index (χ0) is 23.3. The van der Waals surface area contributed by atoms with Crippen LogP contribution in [0.5, 0.6) is 0 Å². The van der Waals surface area contributed by atoms with Crippen LogP contribution in [0.25, 0.3) is 5.69 Å². The van der Waals surface area contributed by atoms with E-state index in [0.29, 0.717) is 11.3 Å². The van der Waals surface area contributed by atoms with Crippen molar-refractivity contribution in [1.82, 2.24) is 14.5 Å². The van der Waals surface area contributed by atoms with Crippen molar-refractivity contribution in [3.63, 3.8) is 0 Å². The number of aliphatic carboxylic acids is 1. The lowest BCUT2D eigenvalue weighted by Gasteiger charge is -2.08. The second-order valence-electron chi connectivity index (χ2n) is 6.26. The minimum Gasteiger partial charge on any atom is -0.475 e. The molecule has 12 heteroatoms. The summed E-state index contributed by atoms with van der Waals surface area (Å²) in [5.74, 6) is -3.68. The average Bonchev–Trinajstić information content (AvgIpc) is 3.31. The van der Waals surface area contributed by atoms with Crippen LogP contribution >= 0.6 is 0 Å². The number of carboxylic acids is 1. The number of amides is 2. The number of H-pyrrole nitrogens is 1. The second-order valence-corrected chi connectivity index (χ2v) is 6.26. The summed E-state index contributed by atoms with van der Waals surface area (Å²) in [5.41, 5.74) is 9.35. The zero-order valence-electron chi connectivity index (χ0n) is 16.3. The number of rotatable bonds is 4. The number of aromatic nitrogens is 3. The van der Waals surface area contributed by atoms with Crippen LogP contribution in [0.1, 0.15) is 32.2 Å². The molecule has 0 aliphatic heterocycles. The van der Waals surface area contributed by atoms with Gasteiger partial charge in [0.25, 0.3) is 11.8 Å². The first-order valence-electron chi connectivity index (χ1n) is 8.60. The van der Waals surface area contributed by atoms with Gasteiger partial charge in [-0.25, -0.2) is 9.78 Å². The van der Waals surface area contributed by atoms with Gasteiger partial charge >= 0.3 is 12.1 Å². The molecule has 0 bridgehead atoms. The molecule has 3 aromatic rings. The number of carboxylic acid groups (broad SMARTS) is 1. The molecule has 1 aromatic carbocycles. The summed E-state index contributed by atoms with van der Waals surface area (Å²) in [6.45, 7) is 3.96. The lowest BCUT2D eigenvalue weighted by atomic mass is 10.2. The molecule has 2 amide bonds. The Morgan fingerprint density at radius 3 is 2.16 bits per heavy atom. The Balaban J connectivity index is 0.000000423. The lowest BCUT2D eigenvalue weighted by molar-refractivity contribution is -0.192. The monoisotopic (exact) mass is 437 g/mol. The Hall–Kier alpha value is -4.09. The Morgan fingerprint density at radius 1 is 1.16 bits per heavy atom. The van der Waals surface area contributed by atoms with E-state index in [1.807, 2.05) is 42.7 Å². The SMILES string of the molecule is Cc1ncn(-c2ccc(NC(=O)c3c[nH]c(C(N)=O)c3)cc2)c1C.O=C(O)C(F)(F)F. The highest BCUT2D eigenvalue weighted by Gasteiger charge is 2.38. The maximum atomic E-state index is 12.2. The van der Waals surface area contributed by atoms with Crippen molar-refractivity contribution in [1.29, 1.82) is 0 Å². The molecule has 164 valence electrons. The van der Waals surface area contributed by atoms with Crippen molar-refractivity contribution in [3.8, 4) is 5.69 Å². The predicted octanol–water partition coefficient (Wildman–Crippen LogP) is 2.80. The number of nitrogens with two attached hydrogens (primary N) is 1. The van der Waals surface area contributed by atoms with E-state index in [0.717, 1.165) is 17.1 Å². The fraction of sp³-hybridized carbons (Fsp3) is 0.158. The largest absolute Gasteiger partial charge is 0.490 e. The van der Waals surface area contributed by atoms with Crippen molar-refractivity contribution in [3.05, 3.63) is 65.5 Å². The van der Waals surface area contributed by atoms with Crippen LogP contribution in [0, 0.1) is 13.8 Å². The number of imidazole rings is 1. The molecule has 0 saturated heterocycles.